The summed E-state index contributed by atoms with van der Waals surface area (Å²) in [6.07, 6.45) is 0. The number of rotatable bonds is 7. The van der Waals surface area contributed by atoms with Gasteiger partial charge in [-0.05, 0) is 11.1 Å². The molecule has 0 unspecified atom stereocenters. The van der Waals surface area contributed by atoms with Crippen molar-refractivity contribution in [2.75, 3.05) is 0 Å². The molecule has 0 aliphatic heterocycles. The fraction of sp³-hybridized carbons (Fsp3) is 0.167. The van der Waals surface area contributed by atoms with Gasteiger partial charge in [0.15, 0.2) is 0 Å². The van der Waals surface area contributed by atoms with Gasteiger partial charge in [0.05, 0.1) is 0 Å². The topological polar surface area (TPSA) is 102 Å². The van der Waals surface area contributed by atoms with Crippen molar-refractivity contribution in [2.45, 2.75) is 13.1 Å². The van der Waals surface area contributed by atoms with Crippen molar-refractivity contribution in [1.29, 1.82) is 5.41 Å². The van der Waals surface area contributed by atoms with Gasteiger partial charge < -0.3 is 15.1 Å². The SMILES string of the molecule is N=C(C(C(=O)O)C(=O)O)N(Cc1ccccc1)Cc1ccccc1. The molecule has 6 nitrogen and oxygen atoms in total. The number of benzene rings is 2. The van der Waals surface area contributed by atoms with Crippen molar-refractivity contribution >= 4 is 17.8 Å². The van der Waals surface area contributed by atoms with E-state index < -0.39 is 23.7 Å². The van der Waals surface area contributed by atoms with E-state index in [9.17, 15) is 9.59 Å². The first kappa shape index (κ1) is 17.2. The summed E-state index contributed by atoms with van der Waals surface area (Å²) in [6, 6.07) is 18.5. The number of nitrogens with one attached hydrogen (secondary N) is 1. The minimum atomic E-state index is -1.89. The van der Waals surface area contributed by atoms with Crippen LogP contribution in [-0.2, 0) is 22.7 Å². The van der Waals surface area contributed by atoms with E-state index in [1.165, 1.54) is 4.90 Å². The van der Waals surface area contributed by atoms with Gasteiger partial charge in [0, 0.05) is 13.1 Å². The number of carbonyl (C=O) groups is 2. The largest absolute Gasteiger partial charge is 0.480 e. The number of amidine groups is 1. The molecule has 0 fully saturated rings. The first-order chi connectivity index (χ1) is 11.5. The number of hydrogen-bond acceptors (Lipinski definition) is 3. The molecule has 0 amide bonds. The molecule has 3 N–H and O–H groups in total. The Bertz CT molecular complexity index is 661. The maximum atomic E-state index is 11.2. The highest BCUT2D eigenvalue weighted by Gasteiger charge is 2.34. The molecule has 124 valence electrons. The summed E-state index contributed by atoms with van der Waals surface area (Å²) in [7, 11) is 0. The molecule has 6 heteroatoms. The number of hydrogen-bond donors (Lipinski definition) is 3. The Morgan fingerprint density at radius 1 is 0.833 bits per heavy atom. The van der Waals surface area contributed by atoms with Crippen molar-refractivity contribution in [1.82, 2.24) is 4.90 Å². The van der Waals surface area contributed by atoms with E-state index in [1.54, 1.807) is 0 Å². The number of nitrogens with zero attached hydrogens (tertiary/aromatic N) is 1. The van der Waals surface area contributed by atoms with Crippen LogP contribution in [0.3, 0.4) is 0 Å². The lowest BCUT2D eigenvalue weighted by atomic mass is 10.1. The van der Waals surface area contributed by atoms with E-state index in [0.717, 1.165) is 11.1 Å². The lowest BCUT2D eigenvalue weighted by Crippen LogP contribution is -2.42. The van der Waals surface area contributed by atoms with Crippen LogP contribution in [0.1, 0.15) is 11.1 Å². The fourth-order valence-electron chi connectivity index (χ4n) is 2.36. The average molecular weight is 326 g/mol. The van der Waals surface area contributed by atoms with Gasteiger partial charge in [0.25, 0.3) is 0 Å². The molecule has 0 atom stereocenters. The highest BCUT2D eigenvalue weighted by atomic mass is 16.4. The fourth-order valence-corrected chi connectivity index (χ4v) is 2.36. The van der Waals surface area contributed by atoms with E-state index in [4.69, 9.17) is 15.6 Å². The zero-order chi connectivity index (χ0) is 17.5. The monoisotopic (exact) mass is 326 g/mol. The maximum absolute atomic E-state index is 11.2. The van der Waals surface area contributed by atoms with Gasteiger partial charge in [0.2, 0.25) is 5.92 Å². The van der Waals surface area contributed by atoms with E-state index >= 15 is 0 Å². The second-order valence-electron chi connectivity index (χ2n) is 5.32. The summed E-state index contributed by atoms with van der Waals surface area (Å²) in [5.41, 5.74) is 1.74. The highest BCUT2D eigenvalue weighted by molar-refractivity contribution is 6.14. The molecular weight excluding hydrogens is 308 g/mol. The van der Waals surface area contributed by atoms with Crippen molar-refractivity contribution in [3.8, 4) is 0 Å². The van der Waals surface area contributed by atoms with Crippen molar-refractivity contribution in [3.63, 3.8) is 0 Å². The second-order valence-corrected chi connectivity index (χ2v) is 5.32. The zero-order valence-electron chi connectivity index (χ0n) is 12.9. The minimum Gasteiger partial charge on any atom is -0.480 e. The molecule has 0 aromatic heterocycles. The molecule has 0 saturated carbocycles. The van der Waals surface area contributed by atoms with Crippen LogP contribution in [0.4, 0.5) is 0 Å². The van der Waals surface area contributed by atoms with E-state index in [0.29, 0.717) is 0 Å². The van der Waals surface area contributed by atoms with Crippen LogP contribution < -0.4 is 0 Å². The third-order valence-corrected chi connectivity index (χ3v) is 3.54. The Labute approximate surface area is 139 Å². The van der Waals surface area contributed by atoms with Crippen LogP contribution in [0, 0.1) is 11.3 Å². The van der Waals surface area contributed by atoms with Crippen molar-refractivity contribution < 1.29 is 19.8 Å². The van der Waals surface area contributed by atoms with Crippen molar-refractivity contribution in [3.05, 3.63) is 71.8 Å². The van der Waals surface area contributed by atoms with Crippen LogP contribution in [0.5, 0.6) is 0 Å². The second kappa shape index (κ2) is 7.92. The third kappa shape index (κ3) is 4.42. The number of carboxylic acid groups (broad SMARTS) is 2. The van der Waals surface area contributed by atoms with Gasteiger partial charge in [-0.1, -0.05) is 60.7 Å². The minimum absolute atomic E-state index is 0.256. The first-order valence-electron chi connectivity index (χ1n) is 7.36. The molecule has 0 aliphatic rings. The molecule has 0 heterocycles. The summed E-state index contributed by atoms with van der Waals surface area (Å²) < 4.78 is 0. The lowest BCUT2D eigenvalue weighted by Gasteiger charge is -2.27. The molecule has 0 spiro atoms. The molecular formula is C18H18N2O4. The molecule has 0 saturated heterocycles. The Kier molecular flexibility index (Phi) is 5.68. The Balaban J connectivity index is 2.29. The van der Waals surface area contributed by atoms with E-state index in [-0.39, 0.29) is 13.1 Å². The Morgan fingerprint density at radius 3 is 1.54 bits per heavy atom. The highest BCUT2D eigenvalue weighted by Crippen LogP contribution is 2.15. The smallest absolute Gasteiger partial charge is 0.325 e. The van der Waals surface area contributed by atoms with Crippen molar-refractivity contribution in [2.24, 2.45) is 5.92 Å². The zero-order valence-corrected chi connectivity index (χ0v) is 12.9. The molecule has 0 bridgehead atoms. The molecule has 2 aromatic rings. The van der Waals surface area contributed by atoms with E-state index in [2.05, 4.69) is 0 Å². The summed E-state index contributed by atoms with van der Waals surface area (Å²) in [5.74, 6) is -5.42. The summed E-state index contributed by atoms with van der Waals surface area (Å²) in [5, 5.41) is 26.4. The Hall–Kier alpha value is -3.15. The lowest BCUT2D eigenvalue weighted by molar-refractivity contribution is -0.151. The molecule has 2 rings (SSSR count). The maximum Gasteiger partial charge on any atom is 0.325 e. The average Bonchev–Trinajstić information content (AvgIpc) is 2.55. The van der Waals surface area contributed by atoms with Gasteiger partial charge >= 0.3 is 11.9 Å². The van der Waals surface area contributed by atoms with Crippen LogP contribution in [0.2, 0.25) is 0 Å². The van der Waals surface area contributed by atoms with Crippen LogP contribution in [-0.4, -0.2) is 32.9 Å². The van der Waals surface area contributed by atoms with Crippen LogP contribution >= 0.6 is 0 Å². The molecule has 24 heavy (non-hydrogen) atoms. The standard InChI is InChI=1S/C18H18N2O4/c19-16(15(17(21)22)18(23)24)20(11-13-7-3-1-4-8-13)12-14-9-5-2-6-10-14/h1-10,15,19H,11-12H2,(H,21,22)(H,23,24). The number of carboxylic acids is 2. The third-order valence-electron chi connectivity index (χ3n) is 3.54. The van der Waals surface area contributed by atoms with Gasteiger partial charge in [0.1, 0.15) is 5.84 Å². The van der Waals surface area contributed by atoms with Gasteiger partial charge in [-0.2, -0.15) is 0 Å². The predicted molar refractivity (Wildman–Crippen MR) is 88.6 cm³/mol. The van der Waals surface area contributed by atoms with Gasteiger partial charge in [-0.15, -0.1) is 0 Å². The van der Waals surface area contributed by atoms with E-state index in [1.807, 2.05) is 60.7 Å². The molecule has 0 radical (unpaired) electrons. The molecule has 0 aliphatic carbocycles. The van der Waals surface area contributed by atoms with Crippen LogP contribution in [0.15, 0.2) is 60.7 Å². The summed E-state index contributed by atoms with van der Waals surface area (Å²) in [4.78, 5) is 24.0. The number of aliphatic carboxylic acids is 2. The van der Waals surface area contributed by atoms with Gasteiger partial charge in [-0.25, -0.2) is 0 Å². The van der Waals surface area contributed by atoms with Crippen LogP contribution in [0.25, 0.3) is 0 Å². The first-order valence-corrected chi connectivity index (χ1v) is 7.36. The predicted octanol–water partition coefficient (Wildman–Crippen LogP) is 2.45. The summed E-state index contributed by atoms with van der Waals surface area (Å²) in [6.45, 7) is 0.511. The Morgan fingerprint density at radius 2 is 1.21 bits per heavy atom. The normalized spacial score (nSPS) is 10.4. The summed E-state index contributed by atoms with van der Waals surface area (Å²) >= 11 is 0. The van der Waals surface area contributed by atoms with Gasteiger partial charge in [-0.3, -0.25) is 15.0 Å². The molecule has 2 aromatic carbocycles. The quantitative estimate of drug-likeness (QED) is 0.412.